The van der Waals surface area contributed by atoms with E-state index in [9.17, 15) is 0 Å². The van der Waals surface area contributed by atoms with Gasteiger partial charge in [-0.15, -0.1) is 11.3 Å². The number of nitrogens with two attached hydrogens (primary N) is 1. The fourth-order valence-electron chi connectivity index (χ4n) is 2.46. The van der Waals surface area contributed by atoms with Gasteiger partial charge in [0, 0.05) is 4.88 Å². The first-order valence-electron chi connectivity index (χ1n) is 5.79. The van der Waals surface area contributed by atoms with Crippen LogP contribution in [0.25, 0.3) is 0 Å². The molecule has 16 heavy (non-hydrogen) atoms. The number of hydrogen-bond donors (Lipinski definition) is 1. The maximum absolute atomic E-state index is 6.51. The average Bonchev–Trinajstić information content (AvgIpc) is 2.45. The fourth-order valence-corrected chi connectivity index (χ4v) is 3.50. The van der Waals surface area contributed by atoms with Crippen LogP contribution in [0.5, 0.6) is 0 Å². The maximum Gasteiger partial charge on any atom is 0.113 e. The molecule has 0 amide bonds. The third kappa shape index (κ3) is 2.14. The third-order valence-corrected chi connectivity index (χ3v) is 4.52. The van der Waals surface area contributed by atoms with Gasteiger partial charge in [-0.1, -0.05) is 0 Å². The molecular formula is C12H20N2OS. The van der Waals surface area contributed by atoms with E-state index in [0.29, 0.717) is 0 Å². The predicted molar refractivity (Wildman–Crippen MR) is 66.7 cm³/mol. The summed E-state index contributed by atoms with van der Waals surface area (Å²) in [4.78, 5) is 5.88. The van der Waals surface area contributed by atoms with Gasteiger partial charge >= 0.3 is 0 Å². The van der Waals surface area contributed by atoms with Crippen LogP contribution in [-0.2, 0) is 10.3 Å². The van der Waals surface area contributed by atoms with Gasteiger partial charge < -0.3 is 10.5 Å². The molecule has 0 saturated carbocycles. The zero-order chi connectivity index (χ0) is 11.9. The summed E-state index contributed by atoms with van der Waals surface area (Å²) < 4.78 is 5.74. The van der Waals surface area contributed by atoms with E-state index in [1.165, 1.54) is 4.88 Å². The van der Waals surface area contributed by atoms with Gasteiger partial charge in [0.05, 0.1) is 23.4 Å². The zero-order valence-electron chi connectivity index (χ0n) is 10.4. The molecule has 0 aromatic carbocycles. The van der Waals surface area contributed by atoms with Crippen molar-refractivity contribution in [2.45, 2.75) is 58.3 Å². The van der Waals surface area contributed by atoms with Crippen molar-refractivity contribution in [3.8, 4) is 0 Å². The lowest BCUT2D eigenvalue weighted by molar-refractivity contribution is -0.0619. The Kier molecular flexibility index (Phi) is 3.07. The fraction of sp³-hybridized carbons (Fsp3) is 0.750. The second kappa shape index (κ2) is 4.09. The number of hydrogen-bond acceptors (Lipinski definition) is 4. The van der Waals surface area contributed by atoms with Crippen molar-refractivity contribution < 1.29 is 4.74 Å². The van der Waals surface area contributed by atoms with Crippen LogP contribution >= 0.6 is 11.3 Å². The van der Waals surface area contributed by atoms with E-state index in [1.54, 1.807) is 11.3 Å². The van der Waals surface area contributed by atoms with Crippen LogP contribution in [0.2, 0.25) is 0 Å². The van der Waals surface area contributed by atoms with Gasteiger partial charge in [0.2, 0.25) is 0 Å². The summed E-state index contributed by atoms with van der Waals surface area (Å²) in [5, 5.41) is 1.07. The predicted octanol–water partition coefficient (Wildman–Crippen LogP) is 2.50. The summed E-state index contributed by atoms with van der Waals surface area (Å²) in [5.41, 5.74) is 7.33. The molecule has 1 aromatic heterocycles. The van der Waals surface area contributed by atoms with Crippen LogP contribution in [0.15, 0.2) is 0 Å². The molecule has 2 N–H and O–H groups in total. The lowest BCUT2D eigenvalue weighted by Gasteiger charge is -2.38. The third-order valence-electron chi connectivity index (χ3n) is 3.22. The normalized spacial score (nSPS) is 35.3. The summed E-state index contributed by atoms with van der Waals surface area (Å²) in [6.45, 7) is 8.33. The van der Waals surface area contributed by atoms with E-state index in [0.717, 1.165) is 23.5 Å². The van der Waals surface area contributed by atoms with E-state index < -0.39 is 0 Å². The minimum Gasteiger partial charge on any atom is -0.375 e. The Labute approximate surface area is 101 Å². The molecule has 90 valence electrons. The first-order valence-corrected chi connectivity index (χ1v) is 6.61. The molecule has 3 nitrogen and oxygen atoms in total. The molecule has 2 unspecified atom stereocenters. The summed E-state index contributed by atoms with van der Waals surface area (Å²) in [7, 11) is 0. The molecule has 1 aliphatic rings. The summed E-state index contributed by atoms with van der Waals surface area (Å²) in [6, 6.07) is 0. The van der Waals surface area contributed by atoms with Crippen molar-refractivity contribution in [1.82, 2.24) is 4.98 Å². The summed E-state index contributed by atoms with van der Waals surface area (Å²) in [6.07, 6.45) is 2.17. The van der Waals surface area contributed by atoms with Crippen LogP contribution < -0.4 is 5.73 Å². The molecule has 2 rings (SSSR count). The molecule has 0 spiro atoms. The summed E-state index contributed by atoms with van der Waals surface area (Å²) in [5.74, 6) is 0. The minimum atomic E-state index is -0.291. The Bertz CT molecular complexity index is 359. The van der Waals surface area contributed by atoms with Gasteiger partial charge in [-0.3, -0.25) is 0 Å². The molecule has 1 aliphatic heterocycles. The highest BCUT2D eigenvalue weighted by Gasteiger charge is 2.39. The van der Waals surface area contributed by atoms with Gasteiger partial charge in [-0.05, 0) is 40.5 Å². The Morgan fingerprint density at radius 3 is 2.31 bits per heavy atom. The van der Waals surface area contributed by atoms with E-state index in [4.69, 9.17) is 10.5 Å². The molecule has 1 saturated heterocycles. The van der Waals surface area contributed by atoms with Crippen molar-refractivity contribution in [3.05, 3.63) is 15.6 Å². The minimum absolute atomic E-state index is 0.221. The quantitative estimate of drug-likeness (QED) is 0.820. The van der Waals surface area contributed by atoms with Gasteiger partial charge in [0.1, 0.15) is 5.01 Å². The number of aromatic nitrogens is 1. The number of nitrogens with zero attached hydrogens (tertiary/aromatic N) is 1. The Balaban J connectivity index is 2.30. The lowest BCUT2D eigenvalue weighted by Crippen LogP contribution is -2.47. The van der Waals surface area contributed by atoms with Crippen molar-refractivity contribution in [2.75, 3.05) is 0 Å². The monoisotopic (exact) mass is 240 g/mol. The molecule has 2 heterocycles. The van der Waals surface area contributed by atoms with Crippen molar-refractivity contribution in [1.29, 1.82) is 0 Å². The highest BCUT2D eigenvalue weighted by molar-refractivity contribution is 7.11. The van der Waals surface area contributed by atoms with E-state index >= 15 is 0 Å². The molecule has 1 aromatic rings. The average molecular weight is 240 g/mol. The highest BCUT2D eigenvalue weighted by Crippen LogP contribution is 2.37. The zero-order valence-corrected chi connectivity index (χ0v) is 11.2. The Morgan fingerprint density at radius 1 is 1.31 bits per heavy atom. The van der Waals surface area contributed by atoms with Crippen LogP contribution in [0.3, 0.4) is 0 Å². The second-order valence-corrected chi connectivity index (χ2v) is 6.19. The Morgan fingerprint density at radius 2 is 1.88 bits per heavy atom. The van der Waals surface area contributed by atoms with Crippen LogP contribution in [0.4, 0.5) is 0 Å². The van der Waals surface area contributed by atoms with Gasteiger partial charge in [0.15, 0.2) is 0 Å². The standard InChI is InChI=1S/C12H20N2OS/c1-7-5-12(13,6-8(2)15-7)11-14-9(3)10(4)16-11/h7-8H,5-6,13H2,1-4H3. The van der Waals surface area contributed by atoms with Gasteiger partial charge in [-0.2, -0.15) is 0 Å². The van der Waals surface area contributed by atoms with Crippen molar-refractivity contribution in [2.24, 2.45) is 5.73 Å². The largest absolute Gasteiger partial charge is 0.375 e. The van der Waals surface area contributed by atoms with Gasteiger partial charge in [-0.25, -0.2) is 4.98 Å². The molecule has 0 radical (unpaired) electrons. The van der Waals surface area contributed by atoms with E-state index in [1.807, 2.05) is 6.92 Å². The van der Waals surface area contributed by atoms with E-state index in [2.05, 4.69) is 25.8 Å². The lowest BCUT2D eigenvalue weighted by atomic mass is 9.86. The first-order chi connectivity index (χ1) is 7.40. The van der Waals surface area contributed by atoms with E-state index in [-0.39, 0.29) is 17.7 Å². The SMILES string of the molecule is Cc1nc(C2(N)CC(C)OC(C)C2)sc1C. The van der Waals surface area contributed by atoms with Crippen molar-refractivity contribution in [3.63, 3.8) is 0 Å². The van der Waals surface area contributed by atoms with Crippen LogP contribution in [0.1, 0.15) is 42.3 Å². The topological polar surface area (TPSA) is 48.1 Å². The molecular weight excluding hydrogens is 220 g/mol. The summed E-state index contributed by atoms with van der Waals surface area (Å²) >= 11 is 1.73. The Hall–Kier alpha value is -0.450. The number of ether oxygens (including phenoxy) is 1. The van der Waals surface area contributed by atoms with Gasteiger partial charge in [0.25, 0.3) is 0 Å². The van der Waals surface area contributed by atoms with Crippen LogP contribution in [0, 0.1) is 13.8 Å². The smallest absolute Gasteiger partial charge is 0.113 e. The number of rotatable bonds is 1. The highest BCUT2D eigenvalue weighted by atomic mass is 32.1. The number of thiazole rings is 1. The molecule has 0 aliphatic carbocycles. The molecule has 0 bridgehead atoms. The molecule has 4 heteroatoms. The number of aryl methyl sites for hydroxylation is 2. The first kappa shape index (κ1) is 12.0. The van der Waals surface area contributed by atoms with Crippen LogP contribution in [-0.4, -0.2) is 17.2 Å². The second-order valence-electron chi connectivity index (χ2n) is 4.98. The van der Waals surface area contributed by atoms with Crippen molar-refractivity contribution >= 4 is 11.3 Å². The maximum atomic E-state index is 6.51. The molecule has 1 fully saturated rings. The molecule has 2 atom stereocenters.